The lowest BCUT2D eigenvalue weighted by Gasteiger charge is -2.08. The van der Waals surface area contributed by atoms with Crippen molar-refractivity contribution in [3.8, 4) is 5.75 Å². The Morgan fingerprint density at radius 2 is 2.14 bits per heavy atom. The van der Waals surface area contributed by atoms with Crippen molar-refractivity contribution in [3.63, 3.8) is 0 Å². The van der Waals surface area contributed by atoms with Crippen LogP contribution in [0, 0.1) is 10.1 Å². The van der Waals surface area contributed by atoms with Gasteiger partial charge in [0.2, 0.25) is 0 Å². The number of nitrogens with zero attached hydrogens (tertiary/aromatic N) is 3. The second-order valence-electron chi connectivity index (χ2n) is 3.81. The molecule has 0 spiro atoms. The molecule has 1 aromatic heterocycles. The van der Waals surface area contributed by atoms with Crippen molar-refractivity contribution in [1.82, 2.24) is 9.97 Å². The van der Waals surface area contributed by atoms with Gasteiger partial charge >= 0.3 is 6.03 Å². The van der Waals surface area contributed by atoms with Gasteiger partial charge in [0.1, 0.15) is 11.4 Å². The van der Waals surface area contributed by atoms with Crippen molar-refractivity contribution < 1.29 is 14.5 Å². The fourth-order valence-corrected chi connectivity index (χ4v) is 1.53. The van der Waals surface area contributed by atoms with Crippen LogP contribution in [0.2, 0.25) is 0 Å². The first-order valence-corrected chi connectivity index (χ1v) is 5.76. The maximum atomic E-state index is 11.8. The van der Waals surface area contributed by atoms with Crippen molar-refractivity contribution in [2.45, 2.75) is 0 Å². The Morgan fingerprint density at radius 1 is 1.33 bits per heavy atom. The average Bonchev–Trinajstić information content (AvgIpc) is 2.48. The number of urea groups is 1. The molecule has 0 aliphatic rings. The Kier molecular flexibility index (Phi) is 4.24. The maximum absolute atomic E-state index is 11.8. The molecule has 1 aromatic carbocycles. The predicted molar refractivity (Wildman–Crippen MR) is 74.3 cm³/mol. The summed E-state index contributed by atoms with van der Waals surface area (Å²) in [7, 11) is 1.40. The van der Waals surface area contributed by atoms with Crippen LogP contribution in [-0.4, -0.2) is 28.0 Å². The van der Waals surface area contributed by atoms with Gasteiger partial charge in [-0.25, -0.2) is 9.78 Å². The first-order chi connectivity index (χ1) is 10.1. The van der Waals surface area contributed by atoms with Crippen LogP contribution < -0.4 is 15.4 Å². The Morgan fingerprint density at radius 3 is 2.76 bits per heavy atom. The second-order valence-corrected chi connectivity index (χ2v) is 3.81. The lowest BCUT2D eigenvalue weighted by molar-refractivity contribution is -0.384. The summed E-state index contributed by atoms with van der Waals surface area (Å²) in [6.07, 6.45) is 4.21. The van der Waals surface area contributed by atoms with E-state index in [1.54, 1.807) is 0 Å². The summed E-state index contributed by atoms with van der Waals surface area (Å²) in [5.74, 6) is 0.549. The third-order valence-electron chi connectivity index (χ3n) is 2.45. The van der Waals surface area contributed by atoms with E-state index in [-0.39, 0.29) is 17.2 Å². The Bertz CT molecular complexity index is 662. The average molecular weight is 289 g/mol. The van der Waals surface area contributed by atoms with Gasteiger partial charge in [0.25, 0.3) is 5.69 Å². The van der Waals surface area contributed by atoms with Crippen molar-refractivity contribution >= 4 is 23.2 Å². The molecule has 0 radical (unpaired) electrons. The van der Waals surface area contributed by atoms with Gasteiger partial charge < -0.3 is 10.1 Å². The van der Waals surface area contributed by atoms with Crippen molar-refractivity contribution in [2.75, 3.05) is 17.7 Å². The molecular formula is C12H11N5O4. The van der Waals surface area contributed by atoms with Gasteiger partial charge in [0, 0.05) is 12.4 Å². The molecule has 21 heavy (non-hydrogen) atoms. The monoisotopic (exact) mass is 289 g/mol. The zero-order chi connectivity index (χ0) is 15.2. The van der Waals surface area contributed by atoms with Crippen LogP contribution >= 0.6 is 0 Å². The molecular weight excluding hydrogens is 278 g/mol. The zero-order valence-electron chi connectivity index (χ0n) is 10.9. The van der Waals surface area contributed by atoms with E-state index in [1.165, 1.54) is 43.9 Å². The SMILES string of the molecule is COc1ccc(NC(=O)Nc2cnccn2)c([N+](=O)[O-])c1. The number of carbonyl (C=O) groups is 1. The summed E-state index contributed by atoms with van der Waals surface area (Å²) in [6.45, 7) is 0. The zero-order valence-corrected chi connectivity index (χ0v) is 10.9. The molecule has 1 heterocycles. The van der Waals surface area contributed by atoms with Crippen molar-refractivity contribution in [1.29, 1.82) is 0 Å². The topological polar surface area (TPSA) is 119 Å². The highest BCUT2D eigenvalue weighted by atomic mass is 16.6. The van der Waals surface area contributed by atoms with Crippen molar-refractivity contribution in [3.05, 3.63) is 46.9 Å². The Hall–Kier alpha value is -3.23. The van der Waals surface area contributed by atoms with Crippen LogP contribution in [0.15, 0.2) is 36.8 Å². The summed E-state index contributed by atoms with van der Waals surface area (Å²) in [4.78, 5) is 29.8. The second kappa shape index (κ2) is 6.28. The number of nitro groups is 1. The molecule has 0 unspecified atom stereocenters. The number of hydrogen-bond donors (Lipinski definition) is 2. The normalized spacial score (nSPS) is 9.76. The molecule has 0 fully saturated rings. The number of nitrogens with one attached hydrogen (secondary N) is 2. The van der Waals surface area contributed by atoms with Gasteiger partial charge in [-0.15, -0.1) is 0 Å². The van der Waals surface area contributed by atoms with E-state index in [2.05, 4.69) is 20.6 Å². The van der Waals surface area contributed by atoms with Gasteiger partial charge in [0.15, 0.2) is 5.82 Å². The number of rotatable bonds is 4. The molecule has 2 aromatic rings. The lowest BCUT2D eigenvalue weighted by atomic mass is 10.2. The van der Waals surface area contributed by atoms with Gasteiger partial charge in [-0.05, 0) is 12.1 Å². The molecule has 2 amide bonds. The molecule has 9 heteroatoms. The van der Waals surface area contributed by atoms with Gasteiger partial charge in [-0.3, -0.25) is 20.4 Å². The van der Waals surface area contributed by atoms with E-state index in [9.17, 15) is 14.9 Å². The third kappa shape index (κ3) is 3.62. The molecule has 2 rings (SSSR count). The summed E-state index contributed by atoms with van der Waals surface area (Å²) in [5.41, 5.74) is -0.231. The summed E-state index contributed by atoms with van der Waals surface area (Å²) < 4.78 is 4.91. The van der Waals surface area contributed by atoms with E-state index in [1.807, 2.05) is 0 Å². The van der Waals surface area contributed by atoms with Gasteiger partial charge in [-0.2, -0.15) is 0 Å². The van der Waals surface area contributed by atoms with Crippen LogP contribution in [-0.2, 0) is 0 Å². The number of hydrogen-bond acceptors (Lipinski definition) is 6. The minimum absolute atomic E-state index is 0.0437. The van der Waals surface area contributed by atoms with E-state index in [0.717, 1.165) is 0 Å². The lowest BCUT2D eigenvalue weighted by Crippen LogP contribution is -2.20. The third-order valence-corrected chi connectivity index (χ3v) is 2.45. The number of methoxy groups -OCH3 is 1. The minimum Gasteiger partial charge on any atom is -0.496 e. The summed E-state index contributed by atoms with van der Waals surface area (Å²) >= 11 is 0. The number of amides is 2. The number of ether oxygens (including phenoxy) is 1. The highest BCUT2D eigenvalue weighted by molar-refractivity contribution is 6.00. The van der Waals surface area contributed by atoms with Crippen LogP contribution in [0.5, 0.6) is 5.75 Å². The molecule has 0 bridgehead atoms. The highest BCUT2D eigenvalue weighted by Crippen LogP contribution is 2.28. The minimum atomic E-state index is -0.663. The Labute approximate surface area is 119 Å². The largest absolute Gasteiger partial charge is 0.496 e. The first kappa shape index (κ1) is 14.2. The van der Waals surface area contributed by atoms with Crippen LogP contribution in [0.1, 0.15) is 0 Å². The molecule has 0 aliphatic heterocycles. The molecule has 0 aliphatic carbocycles. The van der Waals surface area contributed by atoms with Crippen molar-refractivity contribution in [2.24, 2.45) is 0 Å². The molecule has 0 saturated carbocycles. The number of benzene rings is 1. The molecule has 0 atom stereocenters. The van der Waals surface area contributed by atoms with Crippen LogP contribution in [0.25, 0.3) is 0 Å². The summed E-state index contributed by atoms with van der Waals surface area (Å²) in [5, 5.41) is 15.8. The van der Waals surface area contributed by atoms with Gasteiger partial charge in [0.05, 0.1) is 24.3 Å². The standard InChI is InChI=1S/C12H11N5O4/c1-21-8-2-3-9(10(6-8)17(19)20)15-12(18)16-11-7-13-4-5-14-11/h2-7H,1H3,(H2,14,15,16,18). The fourth-order valence-electron chi connectivity index (χ4n) is 1.53. The van der Waals surface area contributed by atoms with Crippen LogP contribution in [0.3, 0.4) is 0 Å². The van der Waals surface area contributed by atoms with E-state index >= 15 is 0 Å². The first-order valence-electron chi connectivity index (χ1n) is 5.76. The molecule has 9 nitrogen and oxygen atoms in total. The predicted octanol–water partition coefficient (Wildman–Crippen LogP) is 2.04. The van der Waals surface area contributed by atoms with E-state index in [0.29, 0.717) is 5.75 Å². The van der Waals surface area contributed by atoms with E-state index in [4.69, 9.17) is 4.74 Å². The van der Waals surface area contributed by atoms with Crippen LogP contribution in [0.4, 0.5) is 22.0 Å². The maximum Gasteiger partial charge on any atom is 0.325 e. The summed E-state index contributed by atoms with van der Waals surface area (Å²) in [6, 6.07) is 3.44. The molecule has 108 valence electrons. The fraction of sp³-hybridized carbons (Fsp3) is 0.0833. The number of aromatic nitrogens is 2. The quantitative estimate of drug-likeness (QED) is 0.656. The molecule has 0 saturated heterocycles. The van der Waals surface area contributed by atoms with E-state index < -0.39 is 11.0 Å². The number of anilines is 2. The smallest absolute Gasteiger partial charge is 0.325 e. The van der Waals surface area contributed by atoms with Gasteiger partial charge in [-0.1, -0.05) is 0 Å². The highest BCUT2D eigenvalue weighted by Gasteiger charge is 2.17. The molecule has 2 N–H and O–H groups in total. The Balaban J connectivity index is 2.15. The number of nitro benzene ring substituents is 1. The number of carbonyl (C=O) groups excluding carboxylic acids is 1.